The molecule has 0 heterocycles. The zero-order chi connectivity index (χ0) is 15.4. The van der Waals surface area contributed by atoms with Crippen LogP contribution >= 0.6 is 0 Å². The van der Waals surface area contributed by atoms with E-state index in [1.54, 1.807) is 7.11 Å². The Bertz CT molecular complexity index is 469. The Labute approximate surface area is 130 Å². The first-order valence-electron chi connectivity index (χ1n) is 7.74. The Hall–Kier alpha value is -0.870. The summed E-state index contributed by atoms with van der Waals surface area (Å²) in [4.78, 5) is 0.705. The van der Waals surface area contributed by atoms with Gasteiger partial charge in [-0.25, -0.2) is 4.21 Å². The molecule has 21 heavy (non-hydrogen) atoms. The van der Waals surface area contributed by atoms with Crippen LogP contribution in [0, 0.1) is 17.8 Å². The molecular formula is C17H26O3S. The summed E-state index contributed by atoms with van der Waals surface area (Å²) in [6.07, 6.45) is 3.52. The SMILES string of the molecule is COc1ccc(S(=O)O[C@@H]2C[C@H](C)CC[C@H]2C(C)C)cc1. The summed E-state index contributed by atoms with van der Waals surface area (Å²) < 4.78 is 23.5. The van der Waals surface area contributed by atoms with E-state index in [1.165, 1.54) is 12.8 Å². The van der Waals surface area contributed by atoms with E-state index in [2.05, 4.69) is 20.8 Å². The smallest absolute Gasteiger partial charge is 0.189 e. The number of rotatable bonds is 5. The predicted molar refractivity (Wildman–Crippen MR) is 85.6 cm³/mol. The zero-order valence-corrected chi connectivity index (χ0v) is 14.2. The van der Waals surface area contributed by atoms with Gasteiger partial charge in [-0.1, -0.05) is 27.2 Å². The lowest BCUT2D eigenvalue weighted by molar-refractivity contribution is 0.0567. The highest BCUT2D eigenvalue weighted by Crippen LogP contribution is 2.36. The molecule has 1 aliphatic rings. The molecule has 0 spiro atoms. The van der Waals surface area contributed by atoms with Crippen LogP contribution in [0.15, 0.2) is 29.2 Å². The van der Waals surface area contributed by atoms with Gasteiger partial charge >= 0.3 is 0 Å². The minimum atomic E-state index is -1.40. The van der Waals surface area contributed by atoms with Gasteiger partial charge in [-0.2, -0.15) is 0 Å². The Kier molecular flexibility index (Phi) is 5.82. The third kappa shape index (κ3) is 4.30. The number of methoxy groups -OCH3 is 1. The fraction of sp³-hybridized carbons (Fsp3) is 0.647. The summed E-state index contributed by atoms with van der Waals surface area (Å²) in [6.45, 7) is 6.71. The van der Waals surface area contributed by atoms with Crippen LogP contribution < -0.4 is 4.74 Å². The molecule has 1 aliphatic carbocycles. The molecule has 1 fully saturated rings. The maximum atomic E-state index is 12.4. The molecule has 4 heteroatoms. The van der Waals surface area contributed by atoms with Crippen LogP contribution in [0.2, 0.25) is 0 Å². The van der Waals surface area contributed by atoms with Gasteiger partial charge in [0.25, 0.3) is 0 Å². The molecule has 0 bridgehead atoms. The number of hydrogen-bond donors (Lipinski definition) is 0. The molecule has 1 unspecified atom stereocenters. The average molecular weight is 310 g/mol. The summed E-state index contributed by atoms with van der Waals surface area (Å²) in [7, 11) is 1.62. The van der Waals surface area contributed by atoms with Crippen molar-refractivity contribution in [1.82, 2.24) is 0 Å². The molecule has 0 amide bonds. The molecular weight excluding hydrogens is 284 g/mol. The second-order valence-corrected chi connectivity index (χ2v) is 7.50. The maximum absolute atomic E-state index is 12.4. The van der Waals surface area contributed by atoms with Gasteiger partial charge in [0.15, 0.2) is 11.1 Å². The van der Waals surface area contributed by atoms with Crippen molar-refractivity contribution in [2.75, 3.05) is 7.11 Å². The van der Waals surface area contributed by atoms with Crippen molar-refractivity contribution in [2.45, 2.75) is 51.0 Å². The number of hydrogen-bond acceptors (Lipinski definition) is 3. The first kappa shape index (κ1) is 16.5. The van der Waals surface area contributed by atoms with Gasteiger partial charge in [0, 0.05) is 0 Å². The molecule has 1 saturated carbocycles. The van der Waals surface area contributed by atoms with Crippen molar-refractivity contribution in [3.63, 3.8) is 0 Å². The summed E-state index contributed by atoms with van der Waals surface area (Å²) >= 11 is -1.40. The first-order chi connectivity index (χ1) is 10.0. The maximum Gasteiger partial charge on any atom is 0.189 e. The van der Waals surface area contributed by atoms with E-state index in [4.69, 9.17) is 8.92 Å². The van der Waals surface area contributed by atoms with E-state index >= 15 is 0 Å². The topological polar surface area (TPSA) is 35.5 Å². The van der Waals surface area contributed by atoms with Gasteiger partial charge in [0.2, 0.25) is 0 Å². The van der Waals surface area contributed by atoms with Crippen molar-refractivity contribution in [3.8, 4) is 5.75 Å². The van der Waals surface area contributed by atoms with Crippen molar-refractivity contribution >= 4 is 11.1 Å². The number of benzene rings is 1. The van der Waals surface area contributed by atoms with Gasteiger partial charge in [0.1, 0.15) is 5.75 Å². The van der Waals surface area contributed by atoms with Crippen molar-refractivity contribution in [1.29, 1.82) is 0 Å². The Balaban J connectivity index is 2.04. The molecule has 2 rings (SSSR count). The third-order valence-electron chi connectivity index (χ3n) is 4.42. The van der Waals surface area contributed by atoms with Crippen LogP contribution in [-0.2, 0) is 15.3 Å². The van der Waals surface area contributed by atoms with Crippen LogP contribution in [-0.4, -0.2) is 17.4 Å². The van der Waals surface area contributed by atoms with E-state index < -0.39 is 11.1 Å². The van der Waals surface area contributed by atoms with Crippen LogP contribution in [0.25, 0.3) is 0 Å². The van der Waals surface area contributed by atoms with Crippen LogP contribution in [0.5, 0.6) is 5.75 Å². The second kappa shape index (κ2) is 7.41. The molecule has 1 aromatic carbocycles. The predicted octanol–water partition coefficient (Wildman–Crippen LogP) is 4.20. The Morgan fingerprint density at radius 1 is 1.19 bits per heavy atom. The normalized spacial score (nSPS) is 27.6. The van der Waals surface area contributed by atoms with E-state index in [9.17, 15) is 4.21 Å². The third-order valence-corrected chi connectivity index (χ3v) is 5.50. The monoisotopic (exact) mass is 310 g/mol. The quantitative estimate of drug-likeness (QED) is 0.818. The average Bonchev–Trinajstić information content (AvgIpc) is 2.47. The Morgan fingerprint density at radius 2 is 1.86 bits per heavy atom. The lowest BCUT2D eigenvalue weighted by atomic mass is 9.75. The molecule has 3 nitrogen and oxygen atoms in total. The highest BCUT2D eigenvalue weighted by Gasteiger charge is 2.33. The molecule has 0 aromatic heterocycles. The van der Waals surface area contributed by atoms with E-state index in [0.717, 1.165) is 12.2 Å². The zero-order valence-electron chi connectivity index (χ0n) is 13.4. The Morgan fingerprint density at radius 3 is 2.43 bits per heavy atom. The molecule has 4 atom stereocenters. The highest BCUT2D eigenvalue weighted by atomic mass is 32.2. The van der Waals surface area contributed by atoms with E-state index in [0.29, 0.717) is 22.6 Å². The fourth-order valence-electron chi connectivity index (χ4n) is 3.08. The summed E-state index contributed by atoms with van der Waals surface area (Å²) in [5.41, 5.74) is 0. The van der Waals surface area contributed by atoms with Crippen LogP contribution in [0.4, 0.5) is 0 Å². The lowest BCUT2D eigenvalue weighted by Crippen LogP contribution is -2.34. The van der Waals surface area contributed by atoms with Crippen molar-refractivity contribution in [3.05, 3.63) is 24.3 Å². The van der Waals surface area contributed by atoms with Crippen LogP contribution in [0.1, 0.15) is 40.0 Å². The molecule has 0 radical (unpaired) electrons. The molecule has 118 valence electrons. The van der Waals surface area contributed by atoms with Crippen molar-refractivity contribution < 1.29 is 13.1 Å². The summed E-state index contributed by atoms with van der Waals surface area (Å²) in [5.74, 6) is 2.48. The van der Waals surface area contributed by atoms with Gasteiger partial charge in [-0.05, 0) is 54.9 Å². The molecule has 1 aromatic rings. The van der Waals surface area contributed by atoms with E-state index in [-0.39, 0.29) is 6.10 Å². The molecule has 0 aliphatic heterocycles. The second-order valence-electron chi connectivity index (χ2n) is 6.37. The summed E-state index contributed by atoms with van der Waals surface area (Å²) in [5, 5.41) is 0. The van der Waals surface area contributed by atoms with Gasteiger partial charge in [-0.3, -0.25) is 4.18 Å². The standard InChI is InChI=1S/C17H26O3S/c1-12(2)16-10-5-13(3)11-17(16)20-21(18)15-8-6-14(19-4)7-9-15/h6-9,12-13,16-17H,5,10-11H2,1-4H3/t13-,16+,17-,21?/m1/s1. The highest BCUT2D eigenvalue weighted by molar-refractivity contribution is 7.80. The fourth-order valence-corrected chi connectivity index (χ4v) is 4.00. The largest absolute Gasteiger partial charge is 0.497 e. The first-order valence-corrected chi connectivity index (χ1v) is 8.81. The van der Waals surface area contributed by atoms with Gasteiger partial charge < -0.3 is 4.74 Å². The number of ether oxygens (including phenoxy) is 1. The minimum Gasteiger partial charge on any atom is -0.497 e. The lowest BCUT2D eigenvalue weighted by Gasteiger charge is -2.36. The molecule has 0 saturated heterocycles. The van der Waals surface area contributed by atoms with Gasteiger partial charge in [-0.15, -0.1) is 0 Å². The van der Waals surface area contributed by atoms with Gasteiger partial charge in [0.05, 0.1) is 18.1 Å². The summed E-state index contributed by atoms with van der Waals surface area (Å²) in [6, 6.07) is 7.26. The van der Waals surface area contributed by atoms with Crippen LogP contribution in [0.3, 0.4) is 0 Å². The van der Waals surface area contributed by atoms with Crippen molar-refractivity contribution in [2.24, 2.45) is 17.8 Å². The minimum absolute atomic E-state index is 0.0942. The van der Waals surface area contributed by atoms with E-state index in [1.807, 2.05) is 24.3 Å². The molecule has 0 N–H and O–H groups in total.